The van der Waals surface area contributed by atoms with Gasteiger partial charge in [0.1, 0.15) is 5.75 Å². The van der Waals surface area contributed by atoms with Gasteiger partial charge in [-0.25, -0.2) is 0 Å². The van der Waals surface area contributed by atoms with Crippen molar-refractivity contribution in [3.8, 4) is 5.75 Å². The van der Waals surface area contributed by atoms with Crippen LogP contribution < -0.4 is 10.1 Å². The minimum Gasteiger partial charge on any atom is -0.494 e. The summed E-state index contributed by atoms with van der Waals surface area (Å²) in [4.78, 5) is 0. The monoisotopic (exact) mass is 297 g/mol. The van der Waals surface area contributed by atoms with Crippen LogP contribution in [0, 0.1) is 5.92 Å². The van der Waals surface area contributed by atoms with Gasteiger partial charge in [-0.3, -0.25) is 0 Å². The molecule has 0 bridgehead atoms. The Bertz CT molecular complexity index is 394. The van der Waals surface area contributed by atoms with Gasteiger partial charge in [-0.1, -0.05) is 32.9 Å². The van der Waals surface area contributed by atoms with Crippen molar-refractivity contribution < 1.29 is 4.74 Å². The number of nitrogens with one attached hydrogen (secondary N) is 1. The first-order valence-corrected chi connectivity index (χ1v) is 7.50. The smallest absolute Gasteiger partial charge is 0.119 e. The molecule has 1 aromatic carbocycles. The van der Waals surface area contributed by atoms with Crippen LogP contribution in [0.3, 0.4) is 0 Å². The maximum absolute atomic E-state index is 5.92. The van der Waals surface area contributed by atoms with E-state index in [1.165, 1.54) is 37.9 Å². The van der Waals surface area contributed by atoms with Gasteiger partial charge < -0.3 is 10.1 Å². The van der Waals surface area contributed by atoms with E-state index in [4.69, 9.17) is 4.74 Å². The molecule has 1 aliphatic rings. The van der Waals surface area contributed by atoms with Crippen molar-refractivity contribution in [3.63, 3.8) is 0 Å². The van der Waals surface area contributed by atoms with Gasteiger partial charge in [0.05, 0.1) is 6.61 Å². The fourth-order valence-electron chi connectivity index (χ4n) is 2.57. The van der Waals surface area contributed by atoms with E-state index < -0.39 is 0 Å². The predicted molar refractivity (Wildman–Crippen MR) is 88.1 cm³/mol. The molecular weight excluding hydrogens is 270 g/mol. The van der Waals surface area contributed by atoms with Crippen molar-refractivity contribution in [2.75, 3.05) is 19.7 Å². The molecule has 2 rings (SSSR count). The van der Waals surface area contributed by atoms with Gasteiger partial charge in [0, 0.05) is 0 Å². The molecule has 1 aliphatic heterocycles. The van der Waals surface area contributed by atoms with Gasteiger partial charge >= 0.3 is 0 Å². The van der Waals surface area contributed by atoms with E-state index in [2.05, 4.69) is 50.4 Å². The van der Waals surface area contributed by atoms with Crippen LogP contribution in [0.4, 0.5) is 0 Å². The second-order valence-electron chi connectivity index (χ2n) is 6.61. The second-order valence-corrected chi connectivity index (χ2v) is 6.61. The molecule has 0 spiro atoms. The number of hydrogen-bond donors (Lipinski definition) is 1. The highest BCUT2D eigenvalue weighted by atomic mass is 35.5. The van der Waals surface area contributed by atoms with Crippen molar-refractivity contribution in [1.29, 1.82) is 0 Å². The summed E-state index contributed by atoms with van der Waals surface area (Å²) in [7, 11) is 0. The van der Waals surface area contributed by atoms with Crippen molar-refractivity contribution in [1.82, 2.24) is 5.32 Å². The normalized spacial score (nSPS) is 16.6. The highest BCUT2D eigenvalue weighted by molar-refractivity contribution is 5.85. The molecule has 114 valence electrons. The molecule has 2 nitrogen and oxygen atoms in total. The molecule has 0 atom stereocenters. The molecule has 1 heterocycles. The first kappa shape index (κ1) is 17.3. The van der Waals surface area contributed by atoms with Crippen molar-refractivity contribution >= 4 is 12.4 Å². The van der Waals surface area contributed by atoms with Gasteiger partial charge in [0.25, 0.3) is 0 Å². The topological polar surface area (TPSA) is 21.3 Å². The fraction of sp³-hybridized carbons (Fsp3) is 0.647. The number of hydrogen-bond acceptors (Lipinski definition) is 2. The lowest BCUT2D eigenvalue weighted by Crippen LogP contribution is -2.28. The summed E-state index contributed by atoms with van der Waals surface area (Å²) in [5.74, 6) is 1.86. The molecule has 0 unspecified atom stereocenters. The van der Waals surface area contributed by atoms with Crippen LogP contribution in [0.25, 0.3) is 0 Å². The van der Waals surface area contributed by atoms with Gasteiger partial charge in [-0.05, 0) is 61.4 Å². The minimum absolute atomic E-state index is 0. The fourth-order valence-corrected chi connectivity index (χ4v) is 2.57. The largest absolute Gasteiger partial charge is 0.494 e. The van der Waals surface area contributed by atoms with E-state index in [0.29, 0.717) is 0 Å². The SMILES string of the molecule is CC(C)(C)c1cccc(OCCC2CCNCC2)c1.Cl. The number of ether oxygens (including phenoxy) is 1. The summed E-state index contributed by atoms with van der Waals surface area (Å²) < 4.78 is 5.92. The molecule has 0 radical (unpaired) electrons. The highest BCUT2D eigenvalue weighted by Crippen LogP contribution is 2.26. The summed E-state index contributed by atoms with van der Waals surface area (Å²) >= 11 is 0. The third kappa shape index (κ3) is 5.34. The van der Waals surface area contributed by atoms with E-state index in [0.717, 1.165) is 18.3 Å². The zero-order valence-electron chi connectivity index (χ0n) is 12.9. The lowest BCUT2D eigenvalue weighted by Gasteiger charge is -2.23. The van der Waals surface area contributed by atoms with Crippen LogP contribution in [-0.2, 0) is 5.41 Å². The Hall–Kier alpha value is -0.730. The lowest BCUT2D eigenvalue weighted by atomic mass is 9.87. The quantitative estimate of drug-likeness (QED) is 0.900. The first-order valence-electron chi connectivity index (χ1n) is 7.50. The van der Waals surface area contributed by atoms with Crippen LogP contribution in [0.15, 0.2) is 24.3 Å². The van der Waals surface area contributed by atoms with Gasteiger partial charge in [-0.15, -0.1) is 12.4 Å². The van der Waals surface area contributed by atoms with E-state index in [9.17, 15) is 0 Å². The Balaban J connectivity index is 0.00000200. The standard InChI is InChI=1S/C17H27NO.ClH/c1-17(2,3)15-5-4-6-16(13-15)19-12-9-14-7-10-18-11-8-14;/h4-6,13-14,18H,7-12H2,1-3H3;1H. The number of piperidine rings is 1. The second kappa shape index (κ2) is 7.90. The van der Waals surface area contributed by atoms with Crippen LogP contribution >= 0.6 is 12.4 Å². The Kier molecular flexibility index (Phi) is 6.84. The maximum atomic E-state index is 5.92. The van der Waals surface area contributed by atoms with E-state index >= 15 is 0 Å². The zero-order chi connectivity index (χ0) is 13.7. The van der Waals surface area contributed by atoms with E-state index in [-0.39, 0.29) is 17.8 Å². The van der Waals surface area contributed by atoms with Crippen LogP contribution in [0.1, 0.15) is 45.6 Å². The van der Waals surface area contributed by atoms with Crippen molar-refractivity contribution in [2.45, 2.75) is 45.4 Å². The molecule has 0 amide bonds. The molecule has 3 heteroatoms. The number of halogens is 1. The summed E-state index contributed by atoms with van der Waals surface area (Å²) in [6.07, 6.45) is 3.78. The Morgan fingerprint density at radius 3 is 2.55 bits per heavy atom. The number of rotatable bonds is 4. The maximum Gasteiger partial charge on any atom is 0.119 e. The third-order valence-corrected chi connectivity index (χ3v) is 3.95. The average Bonchev–Trinajstić information content (AvgIpc) is 2.39. The molecule has 20 heavy (non-hydrogen) atoms. The third-order valence-electron chi connectivity index (χ3n) is 3.95. The van der Waals surface area contributed by atoms with Crippen LogP contribution in [-0.4, -0.2) is 19.7 Å². The highest BCUT2D eigenvalue weighted by Gasteiger charge is 2.15. The summed E-state index contributed by atoms with van der Waals surface area (Å²) in [6, 6.07) is 8.53. The Labute approximate surface area is 129 Å². The Morgan fingerprint density at radius 2 is 1.90 bits per heavy atom. The summed E-state index contributed by atoms with van der Waals surface area (Å²) in [6.45, 7) is 9.90. The van der Waals surface area contributed by atoms with Gasteiger partial charge in [0.2, 0.25) is 0 Å². The molecule has 1 saturated heterocycles. The zero-order valence-corrected chi connectivity index (χ0v) is 13.8. The molecule has 1 N–H and O–H groups in total. The van der Waals surface area contributed by atoms with Crippen LogP contribution in [0.5, 0.6) is 5.75 Å². The predicted octanol–water partition coefficient (Wildman–Crippen LogP) is 4.17. The Morgan fingerprint density at radius 1 is 1.20 bits per heavy atom. The minimum atomic E-state index is 0. The molecule has 0 aliphatic carbocycles. The molecule has 1 fully saturated rings. The molecular formula is C17H28ClNO. The lowest BCUT2D eigenvalue weighted by molar-refractivity contribution is 0.251. The van der Waals surface area contributed by atoms with E-state index in [1.54, 1.807) is 0 Å². The van der Waals surface area contributed by atoms with E-state index in [1.807, 2.05) is 0 Å². The summed E-state index contributed by atoms with van der Waals surface area (Å²) in [5, 5.41) is 3.41. The van der Waals surface area contributed by atoms with Crippen molar-refractivity contribution in [2.24, 2.45) is 5.92 Å². The van der Waals surface area contributed by atoms with Crippen LogP contribution in [0.2, 0.25) is 0 Å². The molecule has 1 aromatic rings. The number of benzene rings is 1. The summed E-state index contributed by atoms with van der Waals surface area (Å²) in [5.41, 5.74) is 1.53. The van der Waals surface area contributed by atoms with Gasteiger partial charge in [0.15, 0.2) is 0 Å². The molecule has 0 aromatic heterocycles. The first-order chi connectivity index (χ1) is 9.05. The molecule has 0 saturated carbocycles. The van der Waals surface area contributed by atoms with Crippen molar-refractivity contribution in [3.05, 3.63) is 29.8 Å². The average molecular weight is 298 g/mol. The van der Waals surface area contributed by atoms with Gasteiger partial charge in [-0.2, -0.15) is 0 Å².